The number of likely N-dealkylation sites (tertiary alicyclic amines) is 1. The molecular weight excluding hydrogens is 375 g/mol. The van der Waals surface area contributed by atoms with Crippen molar-refractivity contribution in [3.05, 3.63) is 23.8 Å². The third-order valence-electron chi connectivity index (χ3n) is 5.37. The van der Waals surface area contributed by atoms with Gasteiger partial charge in [0, 0.05) is 25.1 Å². The molecule has 2 amide bonds. The maximum atomic E-state index is 13.3. The Hall–Kier alpha value is -2.00. The summed E-state index contributed by atoms with van der Waals surface area (Å²) in [7, 11) is 1.29. The van der Waals surface area contributed by atoms with Gasteiger partial charge in [0.15, 0.2) is 0 Å². The Morgan fingerprint density at radius 3 is 2.71 bits per heavy atom. The van der Waals surface area contributed by atoms with Crippen LogP contribution in [-0.4, -0.2) is 56.9 Å². The maximum absolute atomic E-state index is 13.3. The molecule has 0 radical (unpaired) electrons. The molecule has 2 fully saturated rings. The van der Waals surface area contributed by atoms with Gasteiger partial charge in [-0.1, -0.05) is 0 Å². The number of carbonyl (C=O) groups is 1. The van der Waals surface area contributed by atoms with Gasteiger partial charge in [0.1, 0.15) is 5.75 Å². The van der Waals surface area contributed by atoms with Crippen LogP contribution >= 0.6 is 0 Å². The third kappa shape index (κ3) is 5.08. The number of ether oxygens (including phenoxy) is 2. The largest absolute Gasteiger partial charge is 0.497 e. The first-order valence-corrected chi connectivity index (χ1v) is 9.50. The number of amides is 2. The fraction of sp³-hybridized carbons (Fsp3) is 0.632. The first-order chi connectivity index (χ1) is 13.4. The van der Waals surface area contributed by atoms with E-state index in [4.69, 9.17) is 9.47 Å². The Morgan fingerprint density at radius 1 is 1.36 bits per heavy atom. The summed E-state index contributed by atoms with van der Waals surface area (Å²) in [5.41, 5.74) is -1.24. The van der Waals surface area contributed by atoms with Gasteiger partial charge in [-0.15, -0.1) is 0 Å². The number of nitrogens with zero attached hydrogens (tertiary/aromatic N) is 1. The van der Waals surface area contributed by atoms with Crippen molar-refractivity contribution in [3.8, 4) is 5.75 Å². The maximum Gasteiger partial charge on any atom is 0.418 e. The zero-order valence-electron chi connectivity index (χ0n) is 15.8. The van der Waals surface area contributed by atoms with Crippen molar-refractivity contribution >= 4 is 11.7 Å². The van der Waals surface area contributed by atoms with E-state index in [-0.39, 0.29) is 17.5 Å². The molecule has 1 aromatic rings. The number of carbonyl (C=O) groups excluding carboxylic acids is 1. The van der Waals surface area contributed by atoms with Crippen molar-refractivity contribution in [2.75, 3.05) is 45.3 Å². The summed E-state index contributed by atoms with van der Waals surface area (Å²) in [6.07, 6.45) is -1.42. The van der Waals surface area contributed by atoms with Crippen LogP contribution in [-0.2, 0) is 10.9 Å². The molecule has 0 unspecified atom stereocenters. The molecule has 0 bridgehead atoms. The first-order valence-electron chi connectivity index (χ1n) is 9.50. The van der Waals surface area contributed by atoms with E-state index in [1.165, 1.54) is 19.2 Å². The number of alkyl halides is 3. The molecular formula is C19H26F3N3O3. The summed E-state index contributed by atoms with van der Waals surface area (Å²) in [5.74, 6) is 0.402. The monoisotopic (exact) mass is 401 g/mol. The average Bonchev–Trinajstić information content (AvgIpc) is 3.36. The lowest BCUT2D eigenvalue weighted by molar-refractivity contribution is -0.137. The van der Waals surface area contributed by atoms with E-state index < -0.39 is 17.8 Å². The van der Waals surface area contributed by atoms with Crippen LogP contribution in [0.5, 0.6) is 5.75 Å². The number of rotatable bonds is 6. The van der Waals surface area contributed by atoms with Crippen molar-refractivity contribution in [1.82, 2.24) is 10.2 Å². The summed E-state index contributed by atoms with van der Waals surface area (Å²) < 4.78 is 50.2. The van der Waals surface area contributed by atoms with Gasteiger partial charge < -0.3 is 20.1 Å². The molecule has 3 rings (SSSR count). The Labute approximate surface area is 162 Å². The molecule has 0 aliphatic carbocycles. The minimum Gasteiger partial charge on any atom is -0.497 e. The predicted octanol–water partition coefficient (Wildman–Crippen LogP) is 3.34. The highest BCUT2D eigenvalue weighted by molar-refractivity contribution is 5.90. The summed E-state index contributed by atoms with van der Waals surface area (Å²) in [6.45, 7) is 3.68. The van der Waals surface area contributed by atoms with E-state index in [1.807, 2.05) is 0 Å². The van der Waals surface area contributed by atoms with Crippen LogP contribution in [0.15, 0.2) is 18.2 Å². The van der Waals surface area contributed by atoms with Crippen LogP contribution < -0.4 is 15.4 Å². The quantitative estimate of drug-likeness (QED) is 0.768. The van der Waals surface area contributed by atoms with Gasteiger partial charge >= 0.3 is 12.2 Å². The number of nitrogens with one attached hydrogen (secondary N) is 2. The lowest BCUT2D eigenvalue weighted by atomic mass is 9.97. The highest BCUT2D eigenvalue weighted by atomic mass is 19.4. The number of benzene rings is 1. The minimum absolute atomic E-state index is 0.0774. The normalized spacial score (nSPS) is 21.5. The number of halogens is 3. The molecule has 2 heterocycles. The van der Waals surface area contributed by atoms with Gasteiger partial charge in [0.2, 0.25) is 0 Å². The molecule has 0 aromatic heterocycles. The van der Waals surface area contributed by atoms with Crippen LogP contribution in [0.3, 0.4) is 0 Å². The second-order valence-electron chi connectivity index (χ2n) is 7.18. The number of urea groups is 1. The first kappa shape index (κ1) is 20.7. The van der Waals surface area contributed by atoms with Crippen molar-refractivity contribution in [2.45, 2.75) is 31.5 Å². The van der Waals surface area contributed by atoms with Gasteiger partial charge in [-0.25, -0.2) is 4.79 Å². The lowest BCUT2D eigenvalue weighted by Crippen LogP contribution is -2.48. The second-order valence-corrected chi connectivity index (χ2v) is 7.18. The standard InChI is InChI=1S/C19H26F3N3O3/c1-27-14-4-5-16(15(10-14)19(20,21)22)24-18(26)23-11-17(13-6-9-28-12-13)25-7-2-3-8-25/h4-5,10,13,17H,2-3,6-9,11-12H2,1H3,(H2,23,24,26)/t13-,17-/m0/s1. The van der Waals surface area contributed by atoms with Crippen LogP contribution in [0.25, 0.3) is 0 Å². The second kappa shape index (κ2) is 9.00. The molecule has 2 saturated heterocycles. The number of hydrogen-bond donors (Lipinski definition) is 2. The zero-order chi connectivity index (χ0) is 20.1. The number of anilines is 1. The molecule has 156 valence electrons. The molecule has 28 heavy (non-hydrogen) atoms. The number of hydrogen-bond acceptors (Lipinski definition) is 4. The predicted molar refractivity (Wildman–Crippen MR) is 98.5 cm³/mol. The highest BCUT2D eigenvalue weighted by Crippen LogP contribution is 2.37. The van der Waals surface area contributed by atoms with Crippen molar-refractivity contribution in [2.24, 2.45) is 5.92 Å². The zero-order valence-corrected chi connectivity index (χ0v) is 15.8. The third-order valence-corrected chi connectivity index (χ3v) is 5.37. The van der Waals surface area contributed by atoms with Crippen molar-refractivity contribution < 1.29 is 27.4 Å². The van der Waals surface area contributed by atoms with E-state index >= 15 is 0 Å². The molecule has 2 atom stereocenters. The summed E-state index contributed by atoms with van der Waals surface area (Å²) >= 11 is 0. The molecule has 0 saturated carbocycles. The van der Waals surface area contributed by atoms with E-state index in [1.54, 1.807) is 0 Å². The number of methoxy groups -OCH3 is 1. The molecule has 2 aliphatic rings. The van der Waals surface area contributed by atoms with Gasteiger partial charge in [-0.05, 0) is 50.6 Å². The summed E-state index contributed by atoms with van der Waals surface area (Å²) in [4.78, 5) is 14.7. The summed E-state index contributed by atoms with van der Waals surface area (Å²) in [6, 6.07) is 2.93. The topological polar surface area (TPSA) is 62.8 Å². The van der Waals surface area contributed by atoms with Crippen molar-refractivity contribution in [3.63, 3.8) is 0 Å². The van der Waals surface area contributed by atoms with Gasteiger partial charge in [-0.3, -0.25) is 4.90 Å². The fourth-order valence-corrected chi connectivity index (χ4v) is 3.88. The highest BCUT2D eigenvalue weighted by Gasteiger charge is 2.35. The van der Waals surface area contributed by atoms with Crippen molar-refractivity contribution in [1.29, 1.82) is 0 Å². The lowest BCUT2D eigenvalue weighted by Gasteiger charge is -2.32. The van der Waals surface area contributed by atoms with Crippen LogP contribution in [0.4, 0.5) is 23.7 Å². The van der Waals surface area contributed by atoms with E-state index in [2.05, 4.69) is 15.5 Å². The fourth-order valence-electron chi connectivity index (χ4n) is 3.88. The van der Waals surface area contributed by atoms with E-state index in [0.717, 1.165) is 38.4 Å². The van der Waals surface area contributed by atoms with Crippen LogP contribution in [0.2, 0.25) is 0 Å². The van der Waals surface area contributed by atoms with E-state index in [9.17, 15) is 18.0 Å². The van der Waals surface area contributed by atoms with Crippen LogP contribution in [0, 0.1) is 5.92 Å². The average molecular weight is 401 g/mol. The smallest absolute Gasteiger partial charge is 0.418 e. The summed E-state index contributed by atoms with van der Waals surface area (Å²) in [5, 5.41) is 5.08. The Bertz CT molecular complexity index is 656. The Balaban J connectivity index is 1.64. The van der Waals surface area contributed by atoms with E-state index in [0.29, 0.717) is 25.7 Å². The molecule has 0 spiro atoms. The minimum atomic E-state index is -4.60. The molecule has 2 aliphatic heterocycles. The van der Waals surface area contributed by atoms with Gasteiger partial charge in [0.05, 0.1) is 25.0 Å². The molecule has 6 nitrogen and oxygen atoms in total. The molecule has 2 N–H and O–H groups in total. The molecule has 1 aromatic carbocycles. The van der Waals surface area contributed by atoms with Gasteiger partial charge in [-0.2, -0.15) is 13.2 Å². The Kier molecular flexibility index (Phi) is 6.66. The Morgan fingerprint density at radius 2 is 2.11 bits per heavy atom. The van der Waals surface area contributed by atoms with Gasteiger partial charge in [0.25, 0.3) is 0 Å². The SMILES string of the molecule is COc1ccc(NC(=O)NC[C@@H]([C@H]2CCOC2)N2CCCC2)c(C(F)(F)F)c1. The van der Waals surface area contributed by atoms with Crippen LogP contribution in [0.1, 0.15) is 24.8 Å². The molecule has 9 heteroatoms.